The topological polar surface area (TPSA) is 59.2 Å². The molecule has 1 atom stereocenters. The molecule has 1 aliphatic rings. The lowest BCUT2D eigenvalue weighted by molar-refractivity contribution is -0.121. The van der Waals surface area contributed by atoms with Crippen LogP contribution in [-0.4, -0.2) is 28.9 Å². The number of nitrogens with zero attached hydrogens (tertiary/aromatic N) is 2. The van der Waals surface area contributed by atoms with Gasteiger partial charge in [0.15, 0.2) is 0 Å². The molecule has 2 heterocycles. The predicted molar refractivity (Wildman–Crippen MR) is 66.8 cm³/mol. The summed E-state index contributed by atoms with van der Waals surface area (Å²) in [6, 6.07) is 1.63. The SMILES string of the molecule is NC(=O)C1CCN(Cc2cnc(Cl)cc2Cl)C1. The van der Waals surface area contributed by atoms with Crippen molar-refractivity contribution in [3.8, 4) is 0 Å². The van der Waals surface area contributed by atoms with E-state index in [2.05, 4.69) is 9.88 Å². The second kappa shape index (κ2) is 5.21. The fourth-order valence-electron chi connectivity index (χ4n) is 2.00. The Morgan fingerprint density at radius 1 is 1.59 bits per heavy atom. The van der Waals surface area contributed by atoms with Crippen LogP contribution in [0, 0.1) is 5.92 Å². The van der Waals surface area contributed by atoms with Crippen LogP contribution in [0.25, 0.3) is 0 Å². The lowest BCUT2D eigenvalue weighted by Gasteiger charge is -2.15. The zero-order chi connectivity index (χ0) is 12.4. The molecule has 2 rings (SSSR count). The fourth-order valence-corrected chi connectivity index (χ4v) is 2.43. The monoisotopic (exact) mass is 273 g/mol. The summed E-state index contributed by atoms with van der Waals surface area (Å²) in [5.41, 5.74) is 6.20. The molecule has 1 saturated heterocycles. The van der Waals surface area contributed by atoms with E-state index in [9.17, 15) is 4.79 Å². The third kappa shape index (κ3) is 3.09. The molecule has 2 N–H and O–H groups in total. The van der Waals surface area contributed by atoms with Crippen molar-refractivity contribution < 1.29 is 4.79 Å². The van der Waals surface area contributed by atoms with Gasteiger partial charge in [-0.25, -0.2) is 4.98 Å². The molecule has 1 fully saturated rings. The number of nitrogens with two attached hydrogens (primary N) is 1. The summed E-state index contributed by atoms with van der Waals surface area (Å²) in [6.45, 7) is 2.22. The van der Waals surface area contributed by atoms with Gasteiger partial charge in [0.2, 0.25) is 5.91 Å². The molecular formula is C11H13Cl2N3O. The molecule has 0 radical (unpaired) electrons. The molecule has 0 saturated carbocycles. The van der Waals surface area contributed by atoms with Crippen molar-refractivity contribution in [2.24, 2.45) is 11.7 Å². The van der Waals surface area contributed by atoms with E-state index in [4.69, 9.17) is 28.9 Å². The maximum absolute atomic E-state index is 11.1. The first kappa shape index (κ1) is 12.6. The minimum Gasteiger partial charge on any atom is -0.369 e. The molecule has 0 spiro atoms. The van der Waals surface area contributed by atoms with E-state index >= 15 is 0 Å². The van der Waals surface area contributed by atoms with Gasteiger partial charge in [-0.05, 0) is 19.0 Å². The molecule has 4 nitrogen and oxygen atoms in total. The number of hydrogen-bond donors (Lipinski definition) is 1. The Morgan fingerprint density at radius 2 is 2.35 bits per heavy atom. The molecule has 6 heteroatoms. The van der Waals surface area contributed by atoms with E-state index in [1.54, 1.807) is 12.3 Å². The van der Waals surface area contributed by atoms with E-state index in [0.717, 1.165) is 18.5 Å². The van der Waals surface area contributed by atoms with Gasteiger partial charge in [-0.2, -0.15) is 0 Å². The highest BCUT2D eigenvalue weighted by molar-refractivity contribution is 6.34. The third-order valence-corrected chi connectivity index (χ3v) is 3.52. The summed E-state index contributed by atoms with van der Waals surface area (Å²) in [5, 5.41) is 0.989. The maximum Gasteiger partial charge on any atom is 0.221 e. The maximum atomic E-state index is 11.1. The van der Waals surface area contributed by atoms with Gasteiger partial charge >= 0.3 is 0 Å². The van der Waals surface area contributed by atoms with Gasteiger partial charge in [0.1, 0.15) is 5.15 Å². The zero-order valence-electron chi connectivity index (χ0n) is 9.20. The Bertz CT molecular complexity index is 439. The normalized spacial score (nSPS) is 20.7. The average molecular weight is 274 g/mol. The summed E-state index contributed by atoms with van der Waals surface area (Å²) in [6.07, 6.45) is 2.48. The number of aromatic nitrogens is 1. The molecule has 1 unspecified atom stereocenters. The van der Waals surface area contributed by atoms with E-state index in [0.29, 0.717) is 23.3 Å². The lowest BCUT2D eigenvalue weighted by Crippen LogP contribution is -2.27. The molecule has 0 aromatic carbocycles. The second-order valence-electron chi connectivity index (χ2n) is 4.22. The van der Waals surface area contributed by atoms with E-state index in [1.807, 2.05) is 0 Å². The fraction of sp³-hybridized carbons (Fsp3) is 0.455. The van der Waals surface area contributed by atoms with E-state index in [1.165, 1.54) is 0 Å². The van der Waals surface area contributed by atoms with Gasteiger partial charge in [0, 0.05) is 29.9 Å². The average Bonchev–Trinajstić information content (AvgIpc) is 2.71. The third-order valence-electron chi connectivity index (χ3n) is 2.97. The number of pyridine rings is 1. The molecule has 1 aromatic heterocycles. The van der Waals surface area contributed by atoms with Gasteiger partial charge in [-0.1, -0.05) is 23.2 Å². The van der Waals surface area contributed by atoms with Crippen LogP contribution in [0.5, 0.6) is 0 Å². The Balaban J connectivity index is 2.00. The smallest absolute Gasteiger partial charge is 0.221 e. The minimum absolute atomic E-state index is 0.0472. The number of carbonyl (C=O) groups excluding carboxylic acids is 1. The molecule has 1 aliphatic heterocycles. The van der Waals surface area contributed by atoms with Crippen LogP contribution in [0.1, 0.15) is 12.0 Å². The number of primary amides is 1. The van der Waals surface area contributed by atoms with E-state index < -0.39 is 0 Å². The molecule has 0 aliphatic carbocycles. The van der Waals surface area contributed by atoms with Crippen LogP contribution in [0.4, 0.5) is 0 Å². The summed E-state index contributed by atoms with van der Waals surface area (Å²) in [4.78, 5) is 17.2. The van der Waals surface area contributed by atoms with Gasteiger partial charge in [0.05, 0.1) is 5.92 Å². The van der Waals surface area contributed by atoms with Crippen LogP contribution < -0.4 is 5.73 Å². The largest absolute Gasteiger partial charge is 0.369 e. The summed E-state index contributed by atoms with van der Waals surface area (Å²) in [5.74, 6) is -0.276. The molecular weight excluding hydrogens is 261 g/mol. The first-order valence-corrected chi connectivity index (χ1v) is 6.13. The van der Waals surface area contributed by atoms with Crippen molar-refractivity contribution in [3.05, 3.63) is 28.0 Å². The van der Waals surface area contributed by atoms with Crippen LogP contribution in [-0.2, 0) is 11.3 Å². The van der Waals surface area contributed by atoms with Crippen molar-refractivity contribution in [2.75, 3.05) is 13.1 Å². The lowest BCUT2D eigenvalue weighted by atomic mass is 10.1. The van der Waals surface area contributed by atoms with Crippen LogP contribution in [0.3, 0.4) is 0 Å². The van der Waals surface area contributed by atoms with E-state index in [-0.39, 0.29) is 11.8 Å². The van der Waals surface area contributed by atoms with Gasteiger partial charge in [-0.15, -0.1) is 0 Å². The van der Waals surface area contributed by atoms with Crippen LogP contribution in [0.15, 0.2) is 12.3 Å². The number of carbonyl (C=O) groups is 1. The minimum atomic E-state index is -0.229. The molecule has 92 valence electrons. The Morgan fingerprint density at radius 3 is 2.94 bits per heavy atom. The van der Waals surface area contributed by atoms with Gasteiger partial charge in [-0.3, -0.25) is 9.69 Å². The van der Waals surface area contributed by atoms with Crippen molar-refractivity contribution in [1.29, 1.82) is 0 Å². The number of likely N-dealkylation sites (tertiary alicyclic amines) is 1. The van der Waals surface area contributed by atoms with Crippen molar-refractivity contribution >= 4 is 29.1 Å². The first-order chi connectivity index (χ1) is 8.06. The highest BCUT2D eigenvalue weighted by Crippen LogP contribution is 2.23. The Hall–Kier alpha value is -0.840. The van der Waals surface area contributed by atoms with Gasteiger partial charge in [0.25, 0.3) is 0 Å². The standard InChI is InChI=1S/C11H13Cl2N3O/c12-9-3-10(13)15-4-8(9)6-16-2-1-7(5-16)11(14)17/h3-4,7H,1-2,5-6H2,(H2,14,17). The molecule has 1 amide bonds. The summed E-state index contributed by atoms with van der Waals surface area (Å²) >= 11 is 11.8. The highest BCUT2D eigenvalue weighted by atomic mass is 35.5. The highest BCUT2D eigenvalue weighted by Gasteiger charge is 2.26. The second-order valence-corrected chi connectivity index (χ2v) is 5.02. The summed E-state index contributed by atoms with van der Waals surface area (Å²) in [7, 11) is 0. The number of halogens is 2. The Kier molecular flexibility index (Phi) is 3.86. The molecule has 0 bridgehead atoms. The number of hydrogen-bond acceptors (Lipinski definition) is 3. The summed E-state index contributed by atoms with van der Waals surface area (Å²) < 4.78 is 0. The molecule has 1 aromatic rings. The quantitative estimate of drug-likeness (QED) is 0.853. The number of amides is 1. The van der Waals surface area contributed by atoms with Crippen molar-refractivity contribution in [2.45, 2.75) is 13.0 Å². The van der Waals surface area contributed by atoms with Crippen molar-refractivity contribution in [1.82, 2.24) is 9.88 Å². The predicted octanol–water partition coefficient (Wildman–Crippen LogP) is 1.70. The van der Waals surface area contributed by atoms with Crippen LogP contribution >= 0.6 is 23.2 Å². The van der Waals surface area contributed by atoms with Crippen molar-refractivity contribution in [3.63, 3.8) is 0 Å². The van der Waals surface area contributed by atoms with Gasteiger partial charge < -0.3 is 5.73 Å². The number of rotatable bonds is 3. The molecule has 17 heavy (non-hydrogen) atoms. The Labute approximate surface area is 110 Å². The zero-order valence-corrected chi connectivity index (χ0v) is 10.7. The van der Waals surface area contributed by atoms with Crippen LogP contribution in [0.2, 0.25) is 10.2 Å². The first-order valence-electron chi connectivity index (χ1n) is 5.38.